The van der Waals surface area contributed by atoms with Crippen molar-refractivity contribution < 1.29 is 23.0 Å². The number of hydrogen-bond donors (Lipinski definition) is 3. The molecule has 0 radical (unpaired) electrons. The molecule has 2 aromatic carbocycles. The van der Waals surface area contributed by atoms with Crippen LogP contribution in [0.4, 0.5) is 0 Å². The lowest BCUT2D eigenvalue weighted by Gasteiger charge is -2.24. The van der Waals surface area contributed by atoms with Gasteiger partial charge in [-0.3, -0.25) is 4.79 Å². The number of unbranched alkanes of at least 4 members (excludes halogenated alkanes) is 4. The number of aromatic nitrogens is 4. The summed E-state index contributed by atoms with van der Waals surface area (Å²) < 4.78 is 42.4. The van der Waals surface area contributed by atoms with Gasteiger partial charge in [-0.2, -0.15) is 0 Å². The molecule has 0 spiro atoms. The Bertz CT molecular complexity index is 1670. The van der Waals surface area contributed by atoms with Gasteiger partial charge in [0.05, 0.1) is 41.5 Å². The minimum Gasteiger partial charge on any atom is -0.493 e. The summed E-state index contributed by atoms with van der Waals surface area (Å²) in [5.74, 6) is 1.19. The smallest absolute Gasteiger partial charge is 0.277 e. The summed E-state index contributed by atoms with van der Waals surface area (Å²) in [6.07, 6.45) is 4.96. The lowest BCUT2D eigenvalue weighted by Crippen LogP contribution is -2.42. The Labute approximate surface area is 252 Å². The van der Waals surface area contributed by atoms with Gasteiger partial charge in [-0.15, -0.1) is 5.10 Å². The molecule has 232 valence electrons. The van der Waals surface area contributed by atoms with Crippen LogP contribution in [0.25, 0.3) is 16.9 Å². The molecular formula is C31H41N5O6S. The molecule has 3 N–H and O–H groups in total. The van der Waals surface area contributed by atoms with Crippen molar-refractivity contribution in [2.24, 2.45) is 0 Å². The maximum atomic E-state index is 13.6. The molecule has 0 aliphatic carbocycles. The molecular weight excluding hydrogens is 570 g/mol. The van der Waals surface area contributed by atoms with Crippen LogP contribution < -0.4 is 15.0 Å². The average molecular weight is 612 g/mol. The second-order valence-corrected chi connectivity index (χ2v) is 12.2. The summed E-state index contributed by atoms with van der Waals surface area (Å²) in [6.45, 7) is 6.01. The predicted molar refractivity (Wildman–Crippen MR) is 165 cm³/mol. The van der Waals surface area contributed by atoms with Gasteiger partial charge in [-0.05, 0) is 44.0 Å². The van der Waals surface area contributed by atoms with Crippen LogP contribution in [-0.4, -0.2) is 59.5 Å². The molecule has 2 heterocycles. The number of ether oxygens (including phenoxy) is 2. The second-order valence-electron chi connectivity index (χ2n) is 10.5. The Balaban J connectivity index is 1.72. The molecule has 12 heteroatoms. The number of methoxy groups -OCH3 is 1. The number of rotatable bonds is 16. The normalized spacial score (nSPS) is 13.3. The standard InChI is InChI=1S/C31H41N5O6S/c1-5-7-8-9-13-16-27-32-21(3)28-31(38)33-30(34-36(27)28)24-19-23(17-18-26(24)42-6-2)43(39,40)35-25(20-41-4)29(37)22-14-11-10-12-15-22/h10-12,14-15,17-19,25,29,35,37H,5-9,13,16,20H2,1-4H3,(H,33,34,38). The Morgan fingerprint density at radius 2 is 1.81 bits per heavy atom. The number of nitrogens with zero attached hydrogens (tertiary/aromatic N) is 3. The minimum atomic E-state index is -4.16. The van der Waals surface area contributed by atoms with Gasteiger partial charge in [-0.25, -0.2) is 22.6 Å². The van der Waals surface area contributed by atoms with Crippen LogP contribution >= 0.6 is 0 Å². The number of hydrogen-bond acceptors (Lipinski definition) is 8. The number of aliphatic hydroxyl groups is 1. The fourth-order valence-corrected chi connectivity index (χ4v) is 6.32. The third-order valence-electron chi connectivity index (χ3n) is 7.24. The van der Waals surface area contributed by atoms with Crippen LogP contribution in [0, 0.1) is 6.92 Å². The van der Waals surface area contributed by atoms with E-state index in [4.69, 9.17) is 14.6 Å². The van der Waals surface area contributed by atoms with Crippen LogP contribution in [0.15, 0.2) is 58.2 Å². The Hall–Kier alpha value is -3.58. The lowest BCUT2D eigenvalue weighted by molar-refractivity contribution is 0.0800. The van der Waals surface area contributed by atoms with Crippen molar-refractivity contribution in [2.45, 2.75) is 76.3 Å². The van der Waals surface area contributed by atoms with E-state index in [1.54, 1.807) is 35.7 Å². The van der Waals surface area contributed by atoms with E-state index < -0.39 is 22.2 Å². The summed E-state index contributed by atoms with van der Waals surface area (Å²) in [6, 6.07) is 12.2. The molecule has 11 nitrogen and oxygen atoms in total. The molecule has 0 saturated heterocycles. The molecule has 0 fully saturated rings. The van der Waals surface area contributed by atoms with Crippen LogP contribution in [0.3, 0.4) is 0 Å². The fourth-order valence-electron chi connectivity index (χ4n) is 5.07. The zero-order valence-electron chi connectivity index (χ0n) is 25.2. The number of aliphatic hydroxyl groups excluding tert-OH is 1. The van der Waals surface area contributed by atoms with E-state index in [-0.39, 0.29) is 22.9 Å². The van der Waals surface area contributed by atoms with Crippen molar-refractivity contribution >= 4 is 15.5 Å². The van der Waals surface area contributed by atoms with Crippen LogP contribution in [-0.2, 0) is 21.2 Å². The quantitative estimate of drug-likeness (QED) is 0.159. The highest BCUT2D eigenvalue weighted by Gasteiger charge is 2.28. The number of aromatic amines is 1. The topological polar surface area (TPSA) is 148 Å². The summed E-state index contributed by atoms with van der Waals surface area (Å²) in [5.41, 5.74) is 1.40. The molecule has 0 aliphatic rings. The van der Waals surface area contributed by atoms with Crippen LogP contribution in [0.2, 0.25) is 0 Å². The number of benzene rings is 2. The average Bonchev–Trinajstić information content (AvgIpc) is 3.32. The van der Waals surface area contributed by atoms with Crippen molar-refractivity contribution in [3.63, 3.8) is 0 Å². The van der Waals surface area contributed by atoms with Crippen LogP contribution in [0.5, 0.6) is 5.75 Å². The number of fused-ring (bicyclic) bond motifs is 1. The van der Waals surface area contributed by atoms with Crippen LogP contribution in [0.1, 0.15) is 69.1 Å². The highest BCUT2D eigenvalue weighted by atomic mass is 32.2. The highest BCUT2D eigenvalue weighted by molar-refractivity contribution is 7.89. The van der Waals surface area contributed by atoms with E-state index in [2.05, 4.69) is 21.6 Å². The van der Waals surface area contributed by atoms with Crippen molar-refractivity contribution in [3.05, 3.63) is 76.0 Å². The number of imidazole rings is 1. The second kappa shape index (κ2) is 14.7. The number of H-pyrrole nitrogens is 1. The van der Waals surface area contributed by atoms with Gasteiger partial charge in [0.25, 0.3) is 5.56 Å². The molecule has 2 atom stereocenters. The summed E-state index contributed by atoms with van der Waals surface area (Å²) in [5, 5.41) is 15.7. The Kier molecular flexibility index (Phi) is 11.1. The number of aryl methyl sites for hydroxylation is 2. The molecule has 43 heavy (non-hydrogen) atoms. The monoisotopic (exact) mass is 611 g/mol. The molecule has 2 unspecified atom stereocenters. The van der Waals surface area contributed by atoms with Gasteiger partial charge >= 0.3 is 0 Å². The van der Waals surface area contributed by atoms with Gasteiger partial charge in [0, 0.05) is 13.5 Å². The molecule has 0 saturated carbocycles. The van der Waals surface area contributed by atoms with Gasteiger partial charge in [0.2, 0.25) is 10.0 Å². The van der Waals surface area contributed by atoms with Gasteiger partial charge in [-0.1, -0.05) is 62.9 Å². The molecule has 0 bridgehead atoms. The predicted octanol–water partition coefficient (Wildman–Crippen LogP) is 4.33. The van der Waals surface area contributed by atoms with Gasteiger partial charge in [0.1, 0.15) is 11.6 Å². The van der Waals surface area contributed by atoms with Gasteiger partial charge < -0.3 is 19.6 Å². The lowest BCUT2D eigenvalue weighted by atomic mass is 10.0. The zero-order chi connectivity index (χ0) is 31.0. The first-order valence-electron chi connectivity index (χ1n) is 14.7. The Morgan fingerprint density at radius 3 is 2.51 bits per heavy atom. The third kappa shape index (κ3) is 7.69. The van der Waals surface area contributed by atoms with Crippen molar-refractivity contribution in [3.8, 4) is 17.1 Å². The maximum Gasteiger partial charge on any atom is 0.277 e. The number of nitrogens with one attached hydrogen (secondary N) is 2. The summed E-state index contributed by atoms with van der Waals surface area (Å²) >= 11 is 0. The van der Waals surface area contributed by atoms with E-state index in [0.29, 0.717) is 46.9 Å². The largest absolute Gasteiger partial charge is 0.493 e. The van der Waals surface area contributed by atoms with Gasteiger partial charge in [0.15, 0.2) is 11.3 Å². The van der Waals surface area contributed by atoms with E-state index in [9.17, 15) is 18.3 Å². The first-order chi connectivity index (χ1) is 20.7. The van der Waals surface area contributed by atoms with E-state index in [1.807, 2.05) is 13.0 Å². The third-order valence-corrected chi connectivity index (χ3v) is 8.73. The Morgan fingerprint density at radius 1 is 1.07 bits per heavy atom. The molecule has 0 aliphatic heterocycles. The first-order valence-corrected chi connectivity index (χ1v) is 16.2. The van der Waals surface area contributed by atoms with Crippen molar-refractivity contribution in [2.75, 3.05) is 20.3 Å². The van der Waals surface area contributed by atoms with Crippen molar-refractivity contribution in [1.82, 2.24) is 24.3 Å². The van der Waals surface area contributed by atoms with Crippen molar-refractivity contribution in [1.29, 1.82) is 0 Å². The first kappa shape index (κ1) is 32.3. The summed E-state index contributed by atoms with van der Waals surface area (Å²) in [4.78, 5) is 20.6. The maximum absolute atomic E-state index is 13.6. The molecule has 0 amide bonds. The fraction of sp³-hybridized carbons (Fsp3) is 0.452. The molecule has 4 aromatic rings. The zero-order valence-corrected chi connectivity index (χ0v) is 26.0. The summed E-state index contributed by atoms with van der Waals surface area (Å²) in [7, 11) is -2.72. The SMILES string of the molecule is CCCCCCCc1nc(C)c2c(=O)[nH]c(-c3cc(S(=O)(=O)NC(COC)C(O)c4ccccc4)ccc3OCC)nn12. The van der Waals surface area contributed by atoms with E-state index in [0.717, 1.165) is 25.7 Å². The number of sulfonamides is 1. The molecule has 4 rings (SSSR count). The van der Waals surface area contributed by atoms with E-state index >= 15 is 0 Å². The van der Waals surface area contributed by atoms with E-state index in [1.165, 1.54) is 31.7 Å². The highest BCUT2D eigenvalue weighted by Crippen LogP contribution is 2.31. The molecule has 2 aromatic heterocycles. The minimum absolute atomic E-state index is 0.0636.